The number of hydrogen-bond donors (Lipinski definition) is 2. The SMILES string of the molecule is Cc1ncc(CNC(=O)CC(C)c2ccc(N)cc2)s1. The molecular formula is C15H19N3OS. The summed E-state index contributed by atoms with van der Waals surface area (Å²) in [5.41, 5.74) is 7.53. The van der Waals surface area contributed by atoms with Crippen molar-refractivity contribution >= 4 is 22.9 Å². The van der Waals surface area contributed by atoms with Crippen LogP contribution in [0.25, 0.3) is 0 Å². The van der Waals surface area contributed by atoms with Crippen LogP contribution in [0.5, 0.6) is 0 Å². The second kappa shape index (κ2) is 6.52. The van der Waals surface area contributed by atoms with Gasteiger partial charge >= 0.3 is 0 Å². The molecule has 5 heteroatoms. The largest absolute Gasteiger partial charge is 0.399 e. The number of aromatic nitrogens is 1. The summed E-state index contributed by atoms with van der Waals surface area (Å²) in [4.78, 5) is 17.2. The van der Waals surface area contributed by atoms with Crippen molar-refractivity contribution in [2.45, 2.75) is 32.7 Å². The zero-order chi connectivity index (χ0) is 14.5. The second-order valence-electron chi connectivity index (χ2n) is 4.89. The van der Waals surface area contributed by atoms with Crippen molar-refractivity contribution in [2.75, 3.05) is 5.73 Å². The number of amides is 1. The van der Waals surface area contributed by atoms with Crippen molar-refractivity contribution < 1.29 is 4.79 Å². The molecule has 0 spiro atoms. The van der Waals surface area contributed by atoms with Crippen LogP contribution < -0.4 is 11.1 Å². The van der Waals surface area contributed by atoms with Crippen LogP contribution in [0.1, 0.15) is 34.7 Å². The Hall–Kier alpha value is -1.88. The van der Waals surface area contributed by atoms with Crippen molar-refractivity contribution in [1.29, 1.82) is 0 Å². The first-order chi connectivity index (χ1) is 9.54. The quantitative estimate of drug-likeness (QED) is 0.832. The zero-order valence-corrected chi connectivity index (χ0v) is 12.5. The Labute approximate surface area is 123 Å². The lowest BCUT2D eigenvalue weighted by atomic mass is 9.97. The van der Waals surface area contributed by atoms with E-state index in [2.05, 4.69) is 10.3 Å². The van der Waals surface area contributed by atoms with Crippen LogP contribution in [0.15, 0.2) is 30.5 Å². The Morgan fingerprint density at radius 2 is 2.10 bits per heavy atom. The van der Waals surface area contributed by atoms with E-state index in [-0.39, 0.29) is 11.8 Å². The molecule has 1 unspecified atom stereocenters. The first kappa shape index (κ1) is 14.5. The molecule has 0 bridgehead atoms. The second-order valence-corrected chi connectivity index (χ2v) is 6.21. The van der Waals surface area contributed by atoms with Gasteiger partial charge in [0.05, 0.1) is 11.6 Å². The van der Waals surface area contributed by atoms with E-state index >= 15 is 0 Å². The summed E-state index contributed by atoms with van der Waals surface area (Å²) < 4.78 is 0. The maximum atomic E-state index is 11.9. The lowest BCUT2D eigenvalue weighted by molar-refractivity contribution is -0.121. The Kier molecular flexibility index (Phi) is 4.74. The highest BCUT2D eigenvalue weighted by molar-refractivity contribution is 7.11. The summed E-state index contributed by atoms with van der Waals surface area (Å²) in [5.74, 6) is 0.235. The number of thiazole rings is 1. The molecule has 3 N–H and O–H groups in total. The number of hydrogen-bond acceptors (Lipinski definition) is 4. The zero-order valence-electron chi connectivity index (χ0n) is 11.7. The number of benzene rings is 1. The maximum Gasteiger partial charge on any atom is 0.220 e. The van der Waals surface area contributed by atoms with E-state index in [0.29, 0.717) is 13.0 Å². The minimum Gasteiger partial charge on any atom is -0.399 e. The van der Waals surface area contributed by atoms with E-state index in [9.17, 15) is 4.79 Å². The average Bonchev–Trinajstić information content (AvgIpc) is 2.83. The van der Waals surface area contributed by atoms with Gasteiger partial charge in [-0.05, 0) is 30.5 Å². The van der Waals surface area contributed by atoms with E-state index in [1.807, 2.05) is 44.3 Å². The van der Waals surface area contributed by atoms with E-state index in [1.165, 1.54) is 0 Å². The molecular weight excluding hydrogens is 270 g/mol. The molecule has 0 radical (unpaired) electrons. The highest BCUT2D eigenvalue weighted by Crippen LogP contribution is 2.20. The molecule has 2 aromatic rings. The van der Waals surface area contributed by atoms with Crippen LogP contribution in [0.4, 0.5) is 5.69 Å². The van der Waals surface area contributed by atoms with Crippen LogP contribution >= 0.6 is 11.3 Å². The number of aryl methyl sites for hydroxylation is 1. The molecule has 0 fully saturated rings. The van der Waals surface area contributed by atoms with Gasteiger partial charge in [-0.15, -0.1) is 11.3 Å². The van der Waals surface area contributed by atoms with Crippen LogP contribution in [-0.4, -0.2) is 10.9 Å². The van der Waals surface area contributed by atoms with Gasteiger partial charge in [-0.1, -0.05) is 19.1 Å². The Morgan fingerprint density at radius 1 is 1.40 bits per heavy atom. The number of nitrogen functional groups attached to an aromatic ring is 1. The van der Waals surface area contributed by atoms with Gasteiger partial charge in [0.2, 0.25) is 5.91 Å². The van der Waals surface area contributed by atoms with Crippen LogP contribution in [-0.2, 0) is 11.3 Å². The summed E-state index contributed by atoms with van der Waals surface area (Å²) in [6.45, 7) is 4.56. The third-order valence-corrected chi connectivity index (χ3v) is 4.04. The smallest absolute Gasteiger partial charge is 0.220 e. The van der Waals surface area contributed by atoms with E-state index in [1.54, 1.807) is 11.3 Å². The van der Waals surface area contributed by atoms with Gasteiger partial charge in [-0.2, -0.15) is 0 Å². The fourth-order valence-electron chi connectivity index (χ4n) is 1.97. The van der Waals surface area contributed by atoms with Crippen molar-refractivity contribution in [3.05, 3.63) is 45.9 Å². The molecule has 0 aliphatic heterocycles. The van der Waals surface area contributed by atoms with Crippen molar-refractivity contribution in [3.8, 4) is 0 Å². The topological polar surface area (TPSA) is 68.0 Å². The molecule has 1 aromatic heterocycles. The number of carbonyl (C=O) groups excluding carboxylic acids is 1. The monoisotopic (exact) mass is 289 g/mol. The average molecular weight is 289 g/mol. The summed E-state index contributed by atoms with van der Waals surface area (Å²) in [6, 6.07) is 7.67. The van der Waals surface area contributed by atoms with Gasteiger partial charge in [-0.3, -0.25) is 4.79 Å². The number of carbonyl (C=O) groups is 1. The lowest BCUT2D eigenvalue weighted by Crippen LogP contribution is -2.23. The molecule has 2 rings (SSSR count). The molecule has 0 aliphatic carbocycles. The Bertz CT molecular complexity index is 577. The first-order valence-electron chi connectivity index (χ1n) is 6.58. The van der Waals surface area contributed by atoms with E-state index in [0.717, 1.165) is 21.1 Å². The fourth-order valence-corrected chi connectivity index (χ4v) is 2.70. The summed E-state index contributed by atoms with van der Waals surface area (Å²) >= 11 is 1.61. The van der Waals surface area contributed by atoms with Gasteiger partial charge in [0.15, 0.2) is 0 Å². The Morgan fingerprint density at radius 3 is 2.70 bits per heavy atom. The lowest BCUT2D eigenvalue weighted by Gasteiger charge is -2.12. The van der Waals surface area contributed by atoms with E-state index < -0.39 is 0 Å². The molecule has 1 atom stereocenters. The van der Waals surface area contributed by atoms with Gasteiger partial charge < -0.3 is 11.1 Å². The summed E-state index contributed by atoms with van der Waals surface area (Å²) in [6.07, 6.45) is 2.28. The van der Waals surface area contributed by atoms with Crippen LogP contribution in [0.2, 0.25) is 0 Å². The predicted octanol–water partition coefficient (Wildman–Crippen LogP) is 2.84. The minimum atomic E-state index is 0.0559. The highest BCUT2D eigenvalue weighted by Gasteiger charge is 2.11. The van der Waals surface area contributed by atoms with Gasteiger partial charge in [0.1, 0.15) is 0 Å². The van der Waals surface area contributed by atoms with Gasteiger partial charge in [-0.25, -0.2) is 4.98 Å². The molecule has 1 heterocycles. The highest BCUT2D eigenvalue weighted by atomic mass is 32.1. The summed E-state index contributed by atoms with van der Waals surface area (Å²) in [5, 5.41) is 3.95. The molecule has 106 valence electrons. The number of anilines is 1. The summed E-state index contributed by atoms with van der Waals surface area (Å²) in [7, 11) is 0. The first-order valence-corrected chi connectivity index (χ1v) is 7.39. The van der Waals surface area contributed by atoms with Crippen LogP contribution in [0, 0.1) is 6.92 Å². The molecule has 20 heavy (non-hydrogen) atoms. The number of nitrogens with zero attached hydrogens (tertiary/aromatic N) is 1. The third kappa shape index (κ3) is 4.06. The molecule has 1 amide bonds. The molecule has 0 saturated carbocycles. The van der Waals surface area contributed by atoms with Crippen LogP contribution in [0.3, 0.4) is 0 Å². The maximum absolute atomic E-state index is 11.9. The number of nitrogens with one attached hydrogen (secondary N) is 1. The predicted molar refractivity (Wildman–Crippen MR) is 82.6 cm³/mol. The number of rotatable bonds is 5. The molecule has 4 nitrogen and oxygen atoms in total. The van der Waals surface area contributed by atoms with Crippen molar-refractivity contribution in [3.63, 3.8) is 0 Å². The van der Waals surface area contributed by atoms with Crippen molar-refractivity contribution in [1.82, 2.24) is 10.3 Å². The third-order valence-electron chi connectivity index (χ3n) is 3.13. The van der Waals surface area contributed by atoms with E-state index in [4.69, 9.17) is 5.73 Å². The standard InChI is InChI=1S/C15H19N3OS/c1-10(12-3-5-13(16)6-4-12)7-15(19)18-9-14-8-17-11(2)20-14/h3-6,8,10H,7,9,16H2,1-2H3,(H,18,19). The Balaban J connectivity index is 1.83. The van der Waals surface area contributed by atoms with Gasteiger partial charge in [0.25, 0.3) is 0 Å². The molecule has 0 saturated heterocycles. The van der Waals surface area contributed by atoms with Crippen molar-refractivity contribution in [2.24, 2.45) is 0 Å². The van der Waals surface area contributed by atoms with Gasteiger partial charge in [0, 0.05) is 23.2 Å². The minimum absolute atomic E-state index is 0.0559. The fraction of sp³-hybridized carbons (Fsp3) is 0.333. The normalized spacial score (nSPS) is 12.1. The number of nitrogens with two attached hydrogens (primary N) is 1. The molecule has 0 aliphatic rings. The molecule has 1 aromatic carbocycles.